The molecule has 0 unspecified atom stereocenters. The number of aryl methyl sites for hydroxylation is 1. The minimum absolute atomic E-state index is 0.148. The highest BCUT2D eigenvalue weighted by Gasteiger charge is 2.13. The van der Waals surface area contributed by atoms with Crippen molar-refractivity contribution in [1.82, 2.24) is 20.1 Å². The molecular weight excluding hydrogens is 427 g/mol. The highest BCUT2D eigenvalue weighted by atomic mass is 32.2. The second kappa shape index (κ2) is 11.7. The lowest BCUT2D eigenvalue weighted by molar-refractivity contribution is 0.0952. The maximum Gasteiger partial charge on any atom is 0.251 e. The van der Waals surface area contributed by atoms with Gasteiger partial charge in [0.15, 0.2) is 5.16 Å². The number of hydrogen-bond acceptors (Lipinski definition) is 5. The van der Waals surface area contributed by atoms with Crippen LogP contribution in [0, 0.1) is 11.7 Å². The van der Waals surface area contributed by atoms with Gasteiger partial charge in [-0.1, -0.05) is 43.8 Å². The molecule has 32 heavy (non-hydrogen) atoms. The number of carbonyl (C=O) groups is 1. The molecule has 1 N–H and O–H groups in total. The summed E-state index contributed by atoms with van der Waals surface area (Å²) in [5.41, 5.74) is 1.39. The third kappa shape index (κ3) is 6.82. The van der Waals surface area contributed by atoms with Gasteiger partial charge in [0.1, 0.15) is 24.0 Å². The monoisotopic (exact) mass is 456 g/mol. The fourth-order valence-corrected chi connectivity index (χ4v) is 3.75. The number of nitrogens with one attached hydrogen (secondary N) is 1. The topological polar surface area (TPSA) is 69.0 Å². The Balaban J connectivity index is 1.48. The SMILES string of the molecule is CSc1nnc(CCCNC(=O)c2cccc(OCc3ccc(F)cc3)c2)n1CC(C)C. The first kappa shape index (κ1) is 23.8. The van der Waals surface area contributed by atoms with E-state index in [0.717, 1.165) is 35.9 Å². The molecule has 0 fully saturated rings. The Morgan fingerprint density at radius 3 is 2.69 bits per heavy atom. The maximum atomic E-state index is 13.0. The average molecular weight is 457 g/mol. The molecule has 6 nitrogen and oxygen atoms in total. The van der Waals surface area contributed by atoms with E-state index in [1.165, 1.54) is 12.1 Å². The van der Waals surface area contributed by atoms with Gasteiger partial charge in [-0.15, -0.1) is 10.2 Å². The van der Waals surface area contributed by atoms with Gasteiger partial charge in [0.25, 0.3) is 5.91 Å². The van der Waals surface area contributed by atoms with Crippen molar-refractivity contribution in [3.8, 4) is 5.75 Å². The summed E-state index contributed by atoms with van der Waals surface area (Å²) in [6, 6.07) is 13.2. The molecule has 0 saturated heterocycles. The second-order valence-electron chi connectivity index (χ2n) is 7.91. The molecule has 2 aromatic carbocycles. The fourth-order valence-electron chi connectivity index (χ4n) is 3.23. The van der Waals surface area contributed by atoms with Crippen LogP contribution in [-0.4, -0.2) is 33.5 Å². The van der Waals surface area contributed by atoms with Crippen LogP contribution < -0.4 is 10.1 Å². The van der Waals surface area contributed by atoms with Crippen molar-refractivity contribution in [1.29, 1.82) is 0 Å². The van der Waals surface area contributed by atoms with Gasteiger partial charge >= 0.3 is 0 Å². The number of nitrogens with zero attached hydrogens (tertiary/aromatic N) is 3. The first-order chi connectivity index (χ1) is 15.5. The third-order valence-electron chi connectivity index (χ3n) is 4.80. The Morgan fingerprint density at radius 1 is 1.19 bits per heavy atom. The highest BCUT2D eigenvalue weighted by molar-refractivity contribution is 7.98. The summed E-state index contributed by atoms with van der Waals surface area (Å²) in [5.74, 6) is 1.62. The number of benzene rings is 2. The molecule has 0 aliphatic carbocycles. The van der Waals surface area contributed by atoms with E-state index in [4.69, 9.17) is 4.74 Å². The first-order valence-electron chi connectivity index (χ1n) is 10.7. The quantitative estimate of drug-likeness (QED) is 0.334. The van der Waals surface area contributed by atoms with Crippen LogP contribution in [0.15, 0.2) is 53.7 Å². The number of rotatable bonds is 11. The van der Waals surface area contributed by atoms with E-state index in [0.29, 0.717) is 30.4 Å². The number of halogens is 1. The van der Waals surface area contributed by atoms with Crippen LogP contribution >= 0.6 is 11.8 Å². The molecule has 0 aliphatic rings. The molecule has 1 heterocycles. The van der Waals surface area contributed by atoms with Crippen LogP contribution in [0.3, 0.4) is 0 Å². The highest BCUT2D eigenvalue weighted by Crippen LogP contribution is 2.17. The van der Waals surface area contributed by atoms with Gasteiger partial charge in [-0.25, -0.2) is 4.39 Å². The lowest BCUT2D eigenvalue weighted by Crippen LogP contribution is -2.25. The number of thioether (sulfide) groups is 1. The van der Waals surface area contributed by atoms with Gasteiger partial charge in [-0.3, -0.25) is 4.79 Å². The second-order valence-corrected chi connectivity index (χ2v) is 8.68. The van der Waals surface area contributed by atoms with E-state index in [1.54, 1.807) is 48.2 Å². The van der Waals surface area contributed by atoms with Crippen molar-refractivity contribution in [3.63, 3.8) is 0 Å². The number of carbonyl (C=O) groups excluding carboxylic acids is 1. The van der Waals surface area contributed by atoms with Crippen LogP contribution in [0.2, 0.25) is 0 Å². The predicted octanol–water partition coefficient (Wildman–Crippen LogP) is 4.74. The Bertz CT molecular complexity index is 1020. The zero-order valence-corrected chi connectivity index (χ0v) is 19.5. The Morgan fingerprint density at radius 2 is 1.97 bits per heavy atom. The number of amides is 1. The van der Waals surface area contributed by atoms with Gasteiger partial charge in [-0.2, -0.15) is 0 Å². The zero-order valence-electron chi connectivity index (χ0n) is 18.7. The standard InChI is InChI=1S/C24H29FN4O2S/c1-17(2)15-29-22(27-28-24(29)32-3)8-5-13-26-23(30)19-6-4-7-21(14-19)31-16-18-9-11-20(25)12-10-18/h4,6-7,9-12,14,17H,5,8,13,15-16H2,1-3H3,(H,26,30). The lowest BCUT2D eigenvalue weighted by Gasteiger charge is -2.12. The number of hydrogen-bond donors (Lipinski definition) is 1. The Kier molecular flexibility index (Phi) is 8.67. The van der Waals surface area contributed by atoms with Gasteiger partial charge in [0, 0.05) is 25.1 Å². The van der Waals surface area contributed by atoms with Crippen LogP contribution in [-0.2, 0) is 19.6 Å². The normalized spacial score (nSPS) is 11.0. The number of ether oxygens (including phenoxy) is 1. The molecule has 0 radical (unpaired) electrons. The van der Waals surface area contributed by atoms with Crippen molar-refractivity contribution >= 4 is 17.7 Å². The summed E-state index contributed by atoms with van der Waals surface area (Å²) in [5, 5.41) is 12.5. The van der Waals surface area contributed by atoms with Gasteiger partial charge in [0.05, 0.1) is 0 Å². The zero-order chi connectivity index (χ0) is 22.9. The van der Waals surface area contributed by atoms with E-state index in [-0.39, 0.29) is 11.7 Å². The summed E-state index contributed by atoms with van der Waals surface area (Å²) in [4.78, 5) is 12.5. The summed E-state index contributed by atoms with van der Waals surface area (Å²) in [6.07, 6.45) is 3.53. The maximum absolute atomic E-state index is 13.0. The van der Waals surface area contributed by atoms with Crippen molar-refractivity contribution in [3.05, 3.63) is 71.3 Å². The smallest absolute Gasteiger partial charge is 0.251 e. The van der Waals surface area contributed by atoms with E-state index >= 15 is 0 Å². The molecular formula is C24H29FN4O2S. The van der Waals surface area contributed by atoms with Gasteiger partial charge in [-0.05, 0) is 54.5 Å². The Labute approximate surface area is 192 Å². The average Bonchev–Trinajstić information content (AvgIpc) is 3.17. The molecule has 0 saturated carbocycles. The number of aromatic nitrogens is 3. The molecule has 0 spiro atoms. The minimum Gasteiger partial charge on any atom is -0.489 e. The van der Waals surface area contributed by atoms with E-state index in [9.17, 15) is 9.18 Å². The van der Waals surface area contributed by atoms with Crippen molar-refractivity contribution in [2.45, 2.75) is 45.0 Å². The molecule has 0 aliphatic heterocycles. The molecule has 1 aromatic heterocycles. The molecule has 170 valence electrons. The molecule has 8 heteroatoms. The third-order valence-corrected chi connectivity index (χ3v) is 5.47. The van der Waals surface area contributed by atoms with Crippen LogP contribution in [0.1, 0.15) is 42.0 Å². The van der Waals surface area contributed by atoms with Crippen LogP contribution in [0.5, 0.6) is 5.75 Å². The Hall–Kier alpha value is -2.87. The van der Waals surface area contributed by atoms with Crippen molar-refractivity contribution in [2.75, 3.05) is 12.8 Å². The summed E-state index contributed by atoms with van der Waals surface area (Å²) in [6.45, 7) is 6.08. The van der Waals surface area contributed by atoms with Gasteiger partial charge in [0.2, 0.25) is 0 Å². The molecule has 0 bridgehead atoms. The van der Waals surface area contributed by atoms with Crippen LogP contribution in [0.4, 0.5) is 4.39 Å². The minimum atomic E-state index is -0.280. The molecule has 3 rings (SSSR count). The van der Waals surface area contributed by atoms with E-state index in [2.05, 4.69) is 33.9 Å². The largest absolute Gasteiger partial charge is 0.489 e. The van der Waals surface area contributed by atoms with E-state index < -0.39 is 0 Å². The van der Waals surface area contributed by atoms with Gasteiger partial charge < -0.3 is 14.6 Å². The molecule has 0 atom stereocenters. The first-order valence-corrected chi connectivity index (χ1v) is 11.9. The summed E-state index contributed by atoms with van der Waals surface area (Å²) in [7, 11) is 0. The predicted molar refractivity (Wildman–Crippen MR) is 124 cm³/mol. The molecule has 1 amide bonds. The van der Waals surface area contributed by atoms with Crippen molar-refractivity contribution in [2.24, 2.45) is 5.92 Å². The summed E-state index contributed by atoms with van der Waals surface area (Å²) >= 11 is 1.60. The van der Waals surface area contributed by atoms with E-state index in [1.807, 2.05) is 6.26 Å². The lowest BCUT2D eigenvalue weighted by atomic mass is 10.2. The summed E-state index contributed by atoms with van der Waals surface area (Å²) < 4.78 is 20.9. The van der Waals surface area contributed by atoms with Crippen molar-refractivity contribution < 1.29 is 13.9 Å². The fraction of sp³-hybridized carbons (Fsp3) is 0.375. The van der Waals surface area contributed by atoms with Crippen LogP contribution in [0.25, 0.3) is 0 Å². The molecule has 3 aromatic rings.